The first-order chi connectivity index (χ1) is 12.4. The molecule has 0 fully saturated rings. The topological polar surface area (TPSA) is 77.2 Å². The fourth-order valence-corrected chi connectivity index (χ4v) is 2.70. The molecule has 26 heavy (non-hydrogen) atoms. The van der Waals surface area contributed by atoms with Crippen LogP contribution in [0, 0.1) is 5.82 Å². The van der Waals surface area contributed by atoms with E-state index in [1.165, 1.54) is 19.4 Å². The zero-order valence-corrected chi connectivity index (χ0v) is 15.0. The van der Waals surface area contributed by atoms with Crippen LogP contribution in [0.4, 0.5) is 4.39 Å². The number of fused-ring (bicyclic) bond motifs is 1. The molecule has 3 rings (SSSR count). The monoisotopic (exact) mass is 357 g/mol. The fourth-order valence-electron chi connectivity index (χ4n) is 2.70. The molecule has 0 saturated carbocycles. The van der Waals surface area contributed by atoms with E-state index in [1.54, 1.807) is 18.2 Å². The number of nitrogens with one attached hydrogen (secondary N) is 1. The molecule has 2 heterocycles. The molecule has 0 saturated heterocycles. The van der Waals surface area contributed by atoms with Gasteiger partial charge >= 0.3 is 0 Å². The Kier molecular flexibility index (Phi) is 4.88. The maximum Gasteiger partial charge on any atom is 0.257 e. The van der Waals surface area contributed by atoms with E-state index in [9.17, 15) is 9.18 Å². The van der Waals surface area contributed by atoms with Crippen molar-refractivity contribution < 1.29 is 18.4 Å². The van der Waals surface area contributed by atoms with Crippen molar-refractivity contribution in [2.75, 3.05) is 7.11 Å². The average molecular weight is 357 g/mol. The number of rotatable bonds is 5. The van der Waals surface area contributed by atoms with Gasteiger partial charge in [0.1, 0.15) is 0 Å². The summed E-state index contributed by atoms with van der Waals surface area (Å²) in [6, 6.07) is 5.89. The minimum atomic E-state index is -0.446. The van der Waals surface area contributed by atoms with E-state index >= 15 is 0 Å². The number of amides is 1. The maximum absolute atomic E-state index is 13.5. The molecule has 0 aliphatic heterocycles. The second-order valence-electron chi connectivity index (χ2n) is 6.39. The lowest BCUT2D eigenvalue weighted by atomic mass is 10.1. The molecule has 1 aromatic carbocycles. The van der Waals surface area contributed by atoms with E-state index in [2.05, 4.69) is 15.5 Å². The molecule has 0 radical (unpaired) electrons. The van der Waals surface area contributed by atoms with Gasteiger partial charge in [-0.15, -0.1) is 0 Å². The van der Waals surface area contributed by atoms with E-state index < -0.39 is 5.82 Å². The predicted octanol–water partition coefficient (Wildman–Crippen LogP) is 3.98. The minimum Gasteiger partial charge on any atom is -0.494 e. The summed E-state index contributed by atoms with van der Waals surface area (Å²) in [6.07, 6.45) is 1.45. The van der Waals surface area contributed by atoms with Gasteiger partial charge in [-0.3, -0.25) is 4.79 Å². The Morgan fingerprint density at radius 2 is 2.04 bits per heavy atom. The van der Waals surface area contributed by atoms with Gasteiger partial charge in [0.2, 0.25) is 0 Å². The molecule has 6 nitrogen and oxygen atoms in total. The number of nitrogens with zero attached hydrogens (tertiary/aromatic N) is 2. The molecule has 0 spiro atoms. The Balaban J connectivity index is 1.83. The summed E-state index contributed by atoms with van der Waals surface area (Å²) in [5.41, 5.74) is 2.31. The van der Waals surface area contributed by atoms with Gasteiger partial charge in [0.15, 0.2) is 11.6 Å². The van der Waals surface area contributed by atoms with Gasteiger partial charge in [-0.2, -0.15) is 0 Å². The molecule has 0 aliphatic carbocycles. The number of benzene rings is 1. The van der Waals surface area contributed by atoms with Gasteiger partial charge in [0, 0.05) is 6.20 Å². The van der Waals surface area contributed by atoms with Crippen molar-refractivity contribution in [2.45, 2.75) is 32.7 Å². The van der Waals surface area contributed by atoms with E-state index in [4.69, 9.17) is 9.26 Å². The van der Waals surface area contributed by atoms with Crippen LogP contribution < -0.4 is 10.1 Å². The van der Waals surface area contributed by atoms with Crippen molar-refractivity contribution in [1.82, 2.24) is 15.5 Å². The molecule has 1 amide bonds. The van der Waals surface area contributed by atoms with Crippen LogP contribution in [0.15, 0.2) is 35.0 Å². The number of aromatic nitrogens is 2. The molecule has 2 aromatic heterocycles. The van der Waals surface area contributed by atoms with E-state index in [0.29, 0.717) is 11.3 Å². The fraction of sp³-hybridized carbons (Fsp3) is 0.316. The van der Waals surface area contributed by atoms with Crippen LogP contribution in [0.25, 0.3) is 11.1 Å². The number of hydrogen-bond donors (Lipinski definition) is 1. The van der Waals surface area contributed by atoms with Gasteiger partial charge in [0.25, 0.3) is 11.6 Å². The summed E-state index contributed by atoms with van der Waals surface area (Å²) >= 11 is 0. The van der Waals surface area contributed by atoms with Crippen molar-refractivity contribution in [2.24, 2.45) is 0 Å². The summed E-state index contributed by atoms with van der Waals surface area (Å²) in [6.45, 7) is 5.80. The number of pyridine rings is 1. The van der Waals surface area contributed by atoms with Gasteiger partial charge in [0.05, 0.1) is 29.8 Å². The first kappa shape index (κ1) is 17.8. The summed E-state index contributed by atoms with van der Waals surface area (Å²) < 4.78 is 23.7. The third-order valence-electron chi connectivity index (χ3n) is 4.19. The van der Waals surface area contributed by atoms with Crippen LogP contribution in [0.3, 0.4) is 0 Å². The highest BCUT2D eigenvalue weighted by Crippen LogP contribution is 2.25. The number of ether oxygens (including phenoxy) is 1. The Bertz CT molecular complexity index is 952. The highest BCUT2D eigenvalue weighted by atomic mass is 19.1. The third-order valence-corrected chi connectivity index (χ3v) is 4.19. The average Bonchev–Trinajstić information content (AvgIpc) is 3.05. The smallest absolute Gasteiger partial charge is 0.257 e. The molecule has 7 heteroatoms. The second kappa shape index (κ2) is 7.11. The third kappa shape index (κ3) is 3.37. The number of hydrogen-bond acceptors (Lipinski definition) is 5. The standard InChI is InChI=1S/C19H20FN3O3/c1-10(2)17-14-7-13(9-21-19(14)26-23-17)18(24)22-11(3)12-5-6-15(20)16(8-12)25-4/h5-11H,1-4H3,(H,22,24). The van der Waals surface area contributed by atoms with Crippen LogP contribution in [0.5, 0.6) is 5.75 Å². The molecule has 1 unspecified atom stereocenters. The largest absolute Gasteiger partial charge is 0.494 e. The van der Waals surface area contributed by atoms with Crippen molar-refractivity contribution in [3.8, 4) is 5.75 Å². The summed E-state index contributed by atoms with van der Waals surface area (Å²) in [4.78, 5) is 16.8. The lowest BCUT2D eigenvalue weighted by Crippen LogP contribution is -2.26. The lowest BCUT2D eigenvalue weighted by molar-refractivity contribution is 0.0939. The maximum atomic E-state index is 13.5. The summed E-state index contributed by atoms with van der Waals surface area (Å²) in [5, 5.41) is 7.62. The quantitative estimate of drug-likeness (QED) is 0.747. The molecule has 3 aromatic rings. The van der Waals surface area contributed by atoms with Crippen molar-refractivity contribution in [3.63, 3.8) is 0 Å². The molecular formula is C19H20FN3O3. The van der Waals surface area contributed by atoms with E-state index in [-0.39, 0.29) is 23.6 Å². The van der Waals surface area contributed by atoms with Gasteiger partial charge < -0.3 is 14.6 Å². The zero-order chi connectivity index (χ0) is 18.8. The lowest BCUT2D eigenvalue weighted by Gasteiger charge is -2.15. The van der Waals surface area contributed by atoms with E-state index in [0.717, 1.165) is 16.6 Å². The highest BCUT2D eigenvalue weighted by Gasteiger charge is 2.18. The van der Waals surface area contributed by atoms with Gasteiger partial charge in [-0.05, 0) is 36.6 Å². The Morgan fingerprint density at radius 1 is 1.27 bits per heavy atom. The first-order valence-electron chi connectivity index (χ1n) is 8.30. The van der Waals surface area contributed by atoms with Gasteiger partial charge in [-0.1, -0.05) is 25.1 Å². The van der Waals surface area contributed by atoms with Crippen LogP contribution >= 0.6 is 0 Å². The van der Waals surface area contributed by atoms with Crippen molar-refractivity contribution in [3.05, 3.63) is 53.1 Å². The molecule has 0 aliphatic rings. The summed E-state index contributed by atoms with van der Waals surface area (Å²) in [7, 11) is 1.40. The SMILES string of the molecule is COc1cc(C(C)NC(=O)c2cnc3onc(C(C)C)c3c2)ccc1F. The molecule has 136 valence electrons. The number of carbonyl (C=O) groups is 1. The van der Waals surface area contributed by atoms with Crippen molar-refractivity contribution in [1.29, 1.82) is 0 Å². The second-order valence-corrected chi connectivity index (χ2v) is 6.39. The Hall–Kier alpha value is -2.96. The Labute approximate surface area is 150 Å². The number of methoxy groups -OCH3 is 1. The summed E-state index contributed by atoms with van der Waals surface area (Å²) in [5.74, 6) is -0.441. The van der Waals surface area contributed by atoms with Crippen LogP contribution in [-0.4, -0.2) is 23.2 Å². The van der Waals surface area contributed by atoms with Crippen molar-refractivity contribution >= 4 is 17.0 Å². The highest BCUT2D eigenvalue weighted by molar-refractivity contribution is 5.97. The van der Waals surface area contributed by atoms with Crippen LogP contribution in [-0.2, 0) is 0 Å². The van der Waals surface area contributed by atoms with Crippen LogP contribution in [0.2, 0.25) is 0 Å². The van der Waals surface area contributed by atoms with Gasteiger partial charge in [-0.25, -0.2) is 9.37 Å². The number of halogens is 1. The number of carbonyl (C=O) groups excluding carboxylic acids is 1. The predicted molar refractivity (Wildman–Crippen MR) is 94.7 cm³/mol. The molecule has 1 N–H and O–H groups in total. The zero-order valence-electron chi connectivity index (χ0n) is 15.0. The Morgan fingerprint density at radius 3 is 2.73 bits per heavy atom. The minimum absolute atomic E-state index is 0.137. The molecule has 0 bridgehead atoms. The van der Waals surface area contributed by atoms with E-state index in [1.807, 2.05) is 20.8 Å². The van der Waals surface area contributed by atoms with Crippen LogP contribution in [0.1, 0.15) is 54.3 Å². The normalized spacial score (nSPS) is 12.4. The first-order valence-corrected chi connectivity index (χ1v) is 8.30. The molecular weight excluding hydrogens is 337 g/mol. The molecule has 1 atom stereocenters.